The molecule has 3 aromatic rings. The van der Waals surface area contributed by atoms with Crippen LogP contribution < -0.4 is 4.72 Å². The van der Waals surface area contributed by atoms with E-state index >= 15 is 0 Å². The van der Waals surface area contributed by atoms with Gasteiger partial charge in [0.15, 0.2) is 0 Å². The predicted octanol–water partition coefficient (Wildman–Crippen LogP) is 4.21. The van der Waals surface area contributed by atoms with E-state index in [0.29, 0.717) is 21.5 Å². The lowest BCUT2D eigenvalue weighted by atomic mass is 10.1. The van der Waals surface area contributed by atoms with Crippen LogP contribution in [0.3, 0.4) is 0 Å². The van der Waals surface area contributed by atoms with Crippen LogP contribution in [0, 0.1) is 0 Å². The van der Waals surface area contributed by atoms with Crippen molar-refractivity contribution in [2.24, 2.45) is 0 Å². The van der Waals surface area contributed by atoms with Crippen molar-refractivity contribution in [2.75, 3.05) is 4.72 Å². The molecule has 0 aliphatic carbocycles. The van der Waals surface area contributed by atoms with E-state index in [0.717, 1.165) is 0 Å². The Morgan fingerprint density at radius 3 is 2.36 bits per heavy atom. The lowest BCUT2D eigenvalue weighted by Crippen LogP contribution is -2.12. The average molecular weight is 422 g/mol. The van der Waals surface area contributed by atoms with Crippen LogP contribution in [0.1, 0.15) is 10.6 Å². The van der Waals surface area contributed by atoms with Gasteiger partial charge in [0.1, 0.15) is 5.76 Å². The van der Waals surface area contributed by atoms with Gasteiger partial charge in [0.25, 0.3) is 10.0 Å². The Bertz CT molecular complexity index is 1030. The third kappa shape index (κ3) is 3.75. The van der Waals surface area contributed by atoms with E-state index in [1.807, 2.05) is 0 Å². The van der Waals surface area contributed by atoms with Crippen molar-refractivity contribution in [3.63, 3.8) is 0 Å². The second kappa shape index (κ2) is 6.73. The highest BCUT2D eigenvalue weighted by Gasteiger charge is 2.16. The summed E-state index contributed by atoms with van der Waals surface area (Å²) < 4.78 is 33.0. The number of hydrogen-bond acceptors (Lipinski definition) is 4. The number of carbonyl (C=O) groups is 1. The molecule has 0 spiro atoms. The van der Waals surface area contributed by atoms with Crippen LogP contribution in [0.2, 0.25) is 0 Å². The maximum atomic E-state index is 12.3. The van der Waals surface area contributed by atoms with Gasteiger partial charge < -0.3 is 9.52 Å². The summed E-state index contributed by atoms with van der Waals surface area (Å²) in [4.78, 5) is 11.1. The van der Waals surface area contributed by atoms with Crippen LogP contribution in [0.25, 0.3) is 11.3 Å². The largest absolute Gasteiger partial charge is 0.475 e. The Morgan fingerprint density at radius 1 is 1.04 bits per heavy atom. The van der Waals surface area contributed by atoms with Crippen LogP contribution >= 0.6 is 15.9 Å². The molecular weight excluding hydrogens is 410 g/mol. The van der Waals surface area contributed by atoms with Gasteiger partial charge in [0.05, 0.1) is 4.90 Å². The Balaban J connectivity index is 1.88. The number of benzene rings is 2. The molecule has 0 amide bonds. The Kier molecular flexibility index (Phi) is 4.65. The van der Waals surface area contributed by atoms with Gasteiger partial charge in [-0.05, 0) is 58.4 Å². The summed E-state index contributed by atoms with van der Waals surface area (Å²) >= 11 is 3.35. The Labute approximate surface area is 152 Å². The Morgan fingerprint density at radius 2 is 1.76 bits per heavy atom. The molecule has 1 aromatic heterocycles. The first-order chi connectivity index (χ1) is 11.9. The zero-order valence-corrected chi connectivity index (χ0v) is 15.0. The number of carboxylic acid groups (broad SMARTS) is 1. The number of hydrogen-bond donors (Lipinski definition) is 2. The van der Waals surface area contributed by atoms with Gasteiger partial charge in [0, 0.05) is 15.7 Å². The summed E-state index contributed by atoms with van der Waals surface area (Å²) in [7, 11) is -3.69. The third-order valence-corrected chi connectivity index (χ3v) is 5.41. The van der Waals surface area contributed by atoms with E-state index in [1.165, 1.54) is 24.3 Å². The molecule has 0 aliphatic heterocycles. The molecule has 2 aromatic carbocycles. The van der Waals surface area contributed by atoms with Gasteiger partial charge in [-0.25, -0.2) is 13.2 Å². The number of sulfonamides is 1. The molecule has 0 atom stereocenters. The van der Waals surface area contributed by atoms with Gasteiger partial charge in [-0.2, -0.15) is 0 Å². The Hall–Kier alpha value is -2.58. The predicted molar refractivity (Wildman–Crippen MR) is 96.1 cm³/mol. The number of carboxylic acids is 1. The average Bonchev–Trinajstić information content (AvgIpc) is 3.05. The molecule has 8 heteroatoms. The van der Waals surface area contributed by atoms with Crippen LogP contribution in [0.5, 0.6) is 0 Å². The van der Waals surface area contributed by atoms with Crippen molar-refractivity contribution >= 4 is 37.6 Å². The summed E-state index contributed by atoms with van der Waals surface area (Å²) in [6.45, 7) is 0. The fraction of sp³-hybridized carbons (Fsp3) is 0. The number of anilines is 1. The molecule has 25 heavy (non-hydrogen) atoms. The first-order valence-electron chi connectivity index (χ1n) is 7.08. The molecule has 0 saturated carbocycles. The number of halogens is 1. The number of furan rings is 1. The van der Waals surface area contributed by atoms with Gasteiger partial charge in [-0.3, -0.25) is 4.72 Å². The second-order valence-electron chi connectivity index (χ2n) is 5.08. The fourth-order valence-electron chi connectivity index (χ4n) is 2.19. The van der Waals surface area contributed by atoms with E-state index in [1.54, 1.807) is 36.4 Å². The minimum atomic E-state index is -3.69. The summed E-state index contributed by atoms with van der Waals surface area (Å²) in [5.41, 5.74) is 0.972. The number of nitrogens with one attached hydrogen (secondary N) is 1. The summed E-state index contributed by atoms with van der Waals surface area (Å²) in [6.07, 6.45) is 0. The van der Waals surface area contributed by atoms with Crippen LogP contribution in [-0.2, 0) is 10.0 Å². The minimum absolute atomic E-state index is 0.160. The van der Waals surface area contributed by atoms with Crippen LogP contribution in [0.15, 0.2) is 74.4 Å². The van der Waals surface area contributed by atoms with Crippen molar-refractivity contribution in [2.45, 2.75) is 4.90 Å². The van der Waals surface area contributed by atoms with E-state index in [-0.39, 0.29) is 10.7 Å². The zero-order chi connectivity index (χ0) is 18.0. The summed E-state index contributed by atoms with van der Waals surface area (Å²) in [5.74, 6) is -0.966. The highest BCUT2D eigenvalue weighted by Crippen LogP contribution is 2.32. The van der Waals surface area contributed by atoms with Crippen molar-refractivity contribution in [3.05, 3.63) is 70.9 Å². The SMILES string of the molecule is O=C(O)c1ccc(-c2ccc(NS(=O)(=O)c3ccccc3)cc2Br)o1. The molecule has 0 fully saturated rings. The highest BCUT2D eigenvalue weighted by atomic mass is 79.9. The maximum absolute atomic E-state index is 12.3. The molecule has 0 saturated heterocycles. The topological polar surface area (TPSA) is 96.6 Å². The summed E-state index contributed by atoms with van der Waals surface area (Å²) in [6, 6.07) is 15.7. The quantitative estimate of drug-likeness (QED) is 0.642. The molecule has 1 heterocycles. The molecule has 128 valence electrons. The van der Waals surface area contributed by atoms with Crippen LogP contribution in [-0.4, -0.2) is 19.5 Å². The molecule has 0 unspecified atom stereocenters. The van der Waals surface area contributed by atoms with E-state index in [2.05, 4.69) is 20.7 Å². The molecule has 0 radical (unpaired) electrons. The molecule has 2 N–H and O–H groups in total. The van der Waals surface area contributed by atoms with E-state index < -0.39 is 16.0 Å². The first-order valence-corrected chi connectivity index (χ1v) is 9.35. The fourth-order valence-corrected chi connectivity index (χ4v) is 3.83. The maximum Gasteiger partial charge on any atom is 0.371 e. The lowest BCUT2D eigenvalue weighted by Gasteiger charge is -2.10. The van der Waals surface area contributed by atoms with Gasteiger partial charge in [-0.1, -0.05) is 18.2 Å². The minimum Gasteiger partial charge on any atom is -0.475 e. The van der Waals surface area contributed by atoms with Crippen molar-refractivity contribution in [3.8, 4) is 11.3 Å². The molecule has 0 bridgehead atoms. The third-order valence-electron chi connectivity index (χ3n) is 3.36. The first kappa shape index (κ1) is 17.2. The molecular formula is C17H12BrNO5S. The number of rotatable bonds is 5. The normalized spacial score (nSPS) is 11.2. The monoisotopic (exact) mass is 421 g/mol. The zero-order valence-electron chi connectivity index (χ0n) is 12.6. The van der Waals surface area contributed by atoms with Gasteiger partial charge in [-0.15, -0.1) is 0 Å². The van der Waals surface area contributed by atoms with E-state index in [4.69, 9.17) is 9.52 Å². The van der Waals surface area contributed by atoms with E-state index in [9.17, 15) is 13.2 Å². The molecule has 6 nitrogen and oxygen atoms in total. The van der Waals surface area contributed by atoms with Crippen molar-refractivity contribution < 1.29 is 22.7 Å². The van der Waals surface area contributed by atoms with Crippen molar-refractivity contribution in [1.29, 1.82) is 0 Å². The van der Waals surface area contributed by atoms with Crippen molar-refractivity contribution in [1.82, 2.24) is 0 Å². The summed E-state index contributed by atoms with van der Waals surface area (Å²) in [5, 5.41) is 8.91. The second-order valence-corrected chi connectivity index (χ2v) is 7.62. The standard InChI is InChI=1S/C17H12BrNO5S/c18-14-10-11(19-25(22,23)12-4-2-1-3-5-12)6-7-13(14)15-8-9-16(24-15)17(20)21/h1-10,19H,(H,20,21). The lowest BCUT2D eigenvalue weighted by molar-refractivity contribution is 0.0663. The molecule has 0 aliphatic rings. The van der Waals surface area contributed by atoms with Gasteiger partial charge >= 0.3 is 5.97 Å². The van der Waals surface area contributed by atoms with Crippen LogP contribution in [0.4, 0.5) is 5.69 Å². The van der Waals surface area contributed by atoms with Gasteiger partial charge in [0.2, 0.25) is 5.76 Å². The highest BCUT2D eigenvalue weighted by molar-refractivity contribution is 9.10. The number of aromatic carboxylic acids is 1. The molecule has 3 rings (SSSR count). The smallest absolute Gasteiger partial charge is 0.371 e.